The molecule has 3 N–H and O–H groups in total. The van der Waals surface area contributed by atoms with E-state index in [2.05, 4.69) is 24.1 Å². The molecule has 1 aliphatic carbocycles. The number of nitrogens with two attached hydrogens (primary N) is 1. The standard InChI is InChI=1S/C14H20ClN3O/c1-8-3-9(2)5-10(4-8)18-14(19)11-6-13(15)17-7-12(11)16/h6-10H,3-5,16H2,1-2H3,(H,18,19). The number of halogens is 1. The SMILES string of the molecule is CC1CC(C)CC(NC(=O)c2cc(Cl)ncc2N)C1. The van der Waals surface area contributed by atoms with Crippen molar-refractivity contribution in [1.82, 2.24) is 10.3 Å². The van der Waals surface area contributed by atoms with Gasteiger partial charge in [0, 0.05) is 6.04 Å². The number of aromatic nitrogens is 1. The van der Waals surface area contributed by atoms with Gasteiger partial charge in [-0.25, -0.2) is 4.98 Å². The number of hydrogen-bond donors (Lipinski definition) is 2. The third-order valence-electron chi connectivity index (χ3n) is 3.66. The van der Waals surface area contributed by atoms with Crippen LogP contribution in [-0.4, -0.2) is 16.9 Å². The van der Waals surface area contributed by atoms with Crippen molar-refractivity contribution in [2.45, 2.75) is 39.2 Å². The summed E-state index contributed by atoms with van der Waals surface area (Å²) in [5.74, 6) is 1.13. The fourth-order valence-electron chi connectivity index (χ4n) is 2.97. The first-order chi connectivity index (χ1) is 8.95. The molecule has 1 aromatic rings. The molecule has 1 saturated carbocycles. The van der Waals surface area contributed by atoms with E-state index in [-0.39, 0.29) is 17.1 Å². The minimum absolute atomic E-state index is 0.159. The van der Waals surface area contributed by atoms with Gasteiger partial charge in [-0.1, -0.05) is 25.4 Å². The second kappa shape index (κ2) is 5.78. The lowest BCUT2D eigenvalue weighted by Gasteiger charge is -2.32. The molecule has 1 aliphatic rings. The fraction of sp³-hybridized carbons (Fsp3) is 0.571. The van der Waals surface area contributed by atoms with E-state index in [9.17, 15) is 4.79 Å². The lowest BCUT2D eigenvalue weighted by atomic mass is 9.80. The Morgan fingerprint density at radius 3 is 2.63 bits per heavy atom. The topological polar surface area (TPSA) is 68.0 Å². The number of rotatable bonds is 2. The van der Waals surface area contributed by atoms with Crippen LogP contribution in [0.5, 0.6) is 0 Å². The molecule has 1 heterocycles. The molecule has 4 nitrogen and oxygen atoms in total. The summed E-state index contributed by atoms with van der Waals surface area (Å²) in [6.07, 6.45) is 4.70. The number of carbonyl (C=O) groups excluding carboxylic acids is 1. The maximum atomic E-state index is 12.2. The largest absolute Gasteiger partial charge is 0.397 e. The molecule has 5 heteroatoms. The molecule has 0 aromatic carbocycles. The average Bonchev–Trinajstić information content (AvgIpc) is 2.30. The van der Waals surface area contributed by atoms with E-state index in [0.29, 0.717) is 23.1 Å². The molecule has 2 rings (SSSR count). The predicted molar refractivity (Wildman–Crippen MR) is 77.1 cm³/mol. The van der Waals surface area contributed by atoms with Gasteiger partial charge in [0.1, 0.15) is 5.15 Å². The second-order valence-electron chi connectivity index (χ2n) is 5.68. The average molecular weight is 282 g/mol. The monoisotopic (exact) mass is 281 g/mol. The smallest absolute Gasteiger partial charge is 0.253 e. The first kappa shape index (κ1) is 14.1. The van der Waals surface area contributed by atoms with Gasteiger partial charge in [0.05, 0.1) is 17.4 Å². The van der Waals surface area contributed by atoms with Crippen molar-refractivity contribution >= 4 is 23.2 Å². The summed E-state index contributed by atoms with van der Waals surface area (Å²) in [5, 5.41) is 3.34. The zero-order valence-corrected chi connectivity index (χ0v) is 12.1. The molecular weight excluding hydrogens is 262 g/mol. The van der Waals surface area contributed by atoms with E-state index >= 15 is 0 Å². The fourth-order valence-corrected chi connectivity index (χ4v) is 3.12. The molecule has 0 bridgehead atoms. The Hall–Kier alpha value is -1.29. The van der Waals surface area contributed by atoms with Gasteiger partial charge < -0.3 is 11.1 Å². The van der Waals surface area contributed by atoms with Crippen LogP contribution in [0.1, 0.15) is 43.5 Å². The number of hydrogen-bond acceptors (Lipinski definition) is 3. The van der Waals surface area contributed by atoms with E-state index in [1.807, 2.05) is 0 Å². The molecule has 0 radical (unpaired) electrons. The number of nitrogens with zero attached hydrogens (tertiary/aromatic N) is 1. The molecule has 1 fully saturated rings. The zero-order chi connectivity index (χ0) is 14.0. The minimum Gasteiger partial charge on any atom is -0.397 e. The van der Waals surface area contributed by atoms with Crippen molar-refractivity contribution in [3.63, 3.8) is 0 Å². The molecule has 104 valence electrons. The van der Waals surface area contributed by atoms with Gasteiger partial charge in [0.2, 0.25) is 0 Å². The molecule has 0 spiro atoms. The van der Waals surface area contributed by atoms with Crippen LogP contribution in [0.25, 0.3) is 0 Å². The zero-order valence-electron chi connectivity index (χ0n) is 11.3. The number of carbonyl (C=O) groups is 1. The van der Waals surface area contributed by atoms with Crippen LogP contribution in [0.3, 0.4) is 0 Å². The van der Waals surface area contributed by atoms with Crippen LogP contribution in [-0.2, 0) is 0 Å². The number of pyridine rings is 1. The van der Waals surface area contributed by atoms with Crippen molar-refractivity contribution in [3.8, 4) is 0 Å². The van der Waals surface area contributed by atoms with Gasteiger partial charge >= 0.3 is 0 Å². The highest BCUT2D eigenvalue weighted by Gasteiger charge is 2.25. The van der Waals surface area contributed by atoms with Gasteiger partial charge in [0.25, 0.3) is 5.91 Å². The van der Waals surface area contributed by atoms with E-state index in [4.69, 9.17) is 17.3 Å². The first-order valence-electron chi connectivity index (χ1n) is 6.67. The van der Waals surface area contributed by atoms with Gasteiger partial charge in [0.15, 0.2) is 0 Å². The van der Waals surface area contributed by atoms with Crippen molar-refractivity contribution < 1.29 is 4.79 Å². The summed E-state index contributed by atoms with van der Waals surface area (Å²) in [6, 6.07) is 1.74. The second-order valence-corrected chi connectivity index (χ2v) is 6.07. The summed E-state index contributed by atoms with van der Waals surface area (Å²) in [4.78, 5) is 16.1. The Morgan fingerprint density at radius 1 is 1.37 bits per heavy atom. The van der Waals surface area contributed by atoms with E-state index < -0.39 is 0 Å². The third-order valence-corrected chi connectivity index (χ3v) is 3.87. The molecule has 0 aliphatic heterocycles. The summed E-state index contributed by atoms with van der Waals surface area (Å²) < 4.78 is 0. The summed E-state index contributed by atoms with van der Waals surface area (Å²) in [6.45, 7) is 4.46. The van der Waals surface area contributed by atoms with Crippen molar-refractivity contribution in [2.75, 3.05) is 5.73 Å². The summed E-state index contributed by atoms with van der Waals surface area (Å²) in [5.41, 5.74) is 6.54. The highest BCUT2D eigenvalue weighted by Crippen LogP contribution is 2.28. The van der Waals surface area contributed by atoms with Crippen molar-refractivity contribution in [3.05, 3.63) is 23.0 Å². The van der Waals surface area contributed by atoms with Gasteiger partial charge in [-0.3, -0.25) is 4.79 Å². The van der Waals surface area contributed by atoms with Crippen LogP contribution >= 0.6 is 11.6 Å². The summed E-state index contributed by atoms with van der Waals surface area (Å²) in [7, 11) is 0. The Kier molecular flexibility index (Phi) is 4.30. The number of nitrogens with one attached hydrogen (secondary N) is 1. The normalized spacial score (nSPS) is 27.0. The van der Waals surface area contributed by atoms with E-state index in [1.165, 1.54) is 18.7 Å². The van der Waals surface area contributed by atoms with Crippen LogP contribution in [0.15, 0.2) is 12.3 Å². The van der Waals surface area contributed by atoms with E-state index in [0.717, 1.165) is 12.8 Å². The third kappa shape index (κ3) is 3.60. The van der Waals surface area contributed by atoms with Crippen molar-refractivity contribution in [2.24, 2.45) is 11.8 Å². The Morgan fingerprint density at radius 2 is 2.00 bits per heavy atom. The molecule has 19 heavy (non-hydrogen) atoms. The highest BCUT2D eigenvalue weighted by molar-refractivity contribution is 6.29. The van der Waals surface area contributed by atoms with Crippen molar-refractivity contribution in [1.29, 1.82) is 0 Å². The van der Waals surface area contributed by atoms with Crippen LogP contribution < -0.4 is 11.1 Å². The van der Waals surface area contributed by atoms with Gasteiger partial charge in [-0.2, -0.15) is 0 Å². The van der Waals surface area contributed by atoms with E-state index in [1.54, 1.807) is 0 Å². The minimum atomic E-state index is -0.159. The quantitative estimate of drug-likeness (QED) is 0.819. The number of anilines is 1. The Balaban J connectivity index is 2.06. The van der Waals surface area contributed by atoms with Gasteiger partial charge in [-0.15, -0.1) is 0 Å². The number of amides is 1. The molecule has 1 amide bonds. The lowest BCUT2D eigenvalue weighted by molar-refractivity contribution is 0.0912. The molecule has 1 aromatic heterocycles. The lowest BCUT2D eigenvalue weighted by Crippen LogP contribution is -2.40. The Bertz CT molecular complexity index is 468. The Labute approximate surface area is 118 Å². The van der Waals surface area contributed by atoms with Crippen LogP contribution in [0.4, 0.5) is 5.69 Å². The molecule has 2 unspecified atom stereocenters. The molecule has 0 saturated heterocycles. The van der Waals surface area contributed by atoms with Crippen LogP contribution in [0.2, 0.25) is 5.15 Å². The first-order valence-corrected chi connectivity index (χ1v) is 7.05. The summed E-state index contributed by atoms with van der Waals surface area (Å²) >= 11 is 5.80. The highest BCUT2D eigenvalue weighted by atomic mass is 35.5. The molecule has 2 atom stereocenters. The number of nitrogen functional groups attached to an aromatic ring is 1. The predicted octanol–water partition coefficient (Wildman–Crippen LogP) is 2.87. The van der Waals surface area contributed by atoms with Gasteiger partial charge in [-0.05, 0) is 37.2 Å². The van der Waals surface area contributed by atoms with Crippen LogP contribution in [0, 0.1) is 11.8 Å². The maximum Gasteiger partial charge on any atom is 0.253 e. The maximum absolute atomic E-state index is 12.2. The molecular formula is C14H20ClN3O.